The number of nitrogens with zero attached hydrogens (tertiary/aromatic N) is 2. The van der Waals surface area contributed by atoms with Gasteiger partial charge in [0.15, 0.2) is 5.96 Å². The van der Waals surface area contributed by atoms with E-state index in [2.05, 4.69) is 15.5 Å². The average Bonchev–Trinajstić information content (AvgIpc) is 2.66. The number of hydrogen-bond acceptors (Lipinski definition) is 2. The van der Waals surface area contributed by atoms with E-state index >= 15 is 0 Å². The van der Waals surface area contributed by atoms with Gasteiger partial charge in [0, 0.05) is 37.8 Å². The predicted octanol–water partition coefficient (Wildman–Crippen LogP) is 3.30. The van der Waals surface area contributed by atoms with Crippen LogP contribution in [0, 0.1) is 0 Å². The molecule has 0 heterocycles. The van der Waals surface area contributed by atoms with Crippen molar-refractivity contribution in [2.45, 2.75) is 20.0 Å². The second kappa shape index (κ2) is 9.82. The van der Waals surface area contributed by atoms with E-state index in [1.54, 1.807) is 13.1 Å². The van der Waals surface area contributed by atoms with Crippen molar-refractivity contribution in [1.82, 2.24) is 15.5 Å². The molecule has 0 bridgehead atoms. The third-order valence-electron chi connectivity index (χ3n) is 3.86. The number of amides is 1. The Morgan fingerprint density at radius 2 is 1.88 bits per heavy atom. The average molecular weight is 373 g/mol. The summed E-state index contributed by atoms with van der Waals surface area (Å²) < 4.78 is 0. The van der Waals surface area contributed by atoms with Crippen molar-refractivity contribution in [2.24, 2.45) is 4.99 Å². The first-order chi connectivity index (χ1) is 12.5. The number of rotatable bonds is 6. The van der Waals surface area contributed by atoms with Crippen LogP contribution in [0.1, 0.15) is 28.4 Å². The number of guanidine groups is 1. The number of hydrogen-bond donors (Lipinski definition) is 2. The van der Waals surface area contributed by atoms with Gasteiger partial charge in [-0.25, -0.2) is 4.99 Å². The fraction of sp³-hybridized carbons (Fsp3) is 0.300. The maximum Gasteiger partial charge on any atom is 0.251 e. The van der Waals surface area contributed by atoms with Crippen LogP contribution in [0.4, 0.5) is 0 Å². The highest BCUT2D eigenvalue weighted by Crippen LogP contribution is 2.11. The largest absolute Gasteiger partial charge is 0.357 e. The van der Waals surface area contributed by atoms with Crippen LogP contribution in [0.2, 0.25) is 5.02 Å². The number of nitrogens with one attached hydrogen (secondary N) is 2. The van der Waals surface area contributed by atoms with Gasteiger partial charge in [0.2, 0.25) is 0 Å². The molecule has 2 aromatic rings. The van der Waals surface area contributed by atoms with Crippen molar-refractivity contribution in [2.75, 3.05) is 20.6 Å². The van der Waals surface area contributed by atoms with Gasteiger partial charge in [0.25, 0.3) is 5.91 Å². The molecule has 0 aliphatic heterocycles. The zero-order valence-electron chi connectivity index (χ0n) is 15.4. The van der Waals surface area contributed by atoms with Crippen molar-refractivity contribution >= 4 is 23.5 Å². The molecule has 26 heavy (non-hydrogen) atoms. The maximum absolute atomic E-state index is 11.8. The molecule has 0 aliphatic rings. The minimum Gasteiger partial charge on any atom is -0.357 e. The molecule has 0 unspecified atom stereocenters. The zero-order valence-corrected chi connectivity index (χ0v) is 16.2. The Labute approximate surface area is 160 Å². The van der Waals surface area contributed by atoms with E-state index in [4.69, 9.17) is 16.6 Å². The highest BCUT2D eigenvalue weighted by atomic mass is 35.5. The van der Waals surface area contributed by atoms with Gasteiger partial charge in [0.05, 0.1) is 6.54 Å². The van der Waals surface area contributed by atoms with E-state index in [0.717, 1.165) is 35.2 Å². The Hall–Kier alpha value is -2.53. The molecule has 138 valence electrons. The molecule has 0 saturated carbocycles. The zero-order chi connectivity index (χ0) is 18.9. The minimum atomic E-state index is -0.0948. The van der Waals surface area contributed by atoms with Crippen molar-refractivity contribution in [3.8, 4) is 0 Å². The third-order valence-corrected chi connectivity index (χ3v) is 4.11. The number of carbonyl (C=O) groups excluding carboxylic acids is 1. The summed E-state index contributed by atoms with van der Waals surface area (Å²) in [7, 11) is 3.62. The molecule has 1 amide bonds. The van der Waals surface area contributed by atoms with Gasteiger partial charge in [-0.05, 0) is 42.3 Å². The molecule has 2 aromatic carbocycles. The minimum absolute atomic E-state index is 0.0948. The van der Waals surface area contributed by atoms with Gasteiger partial charge in [0.1, 0.15) is 0 Å². The molecule has 2 N–H and O–H groups in total. The van der Waals surface area contributed by atoms with E-state index in [1.807, 2.05) is 56.4 Å². The molecule has 0 spiro atoms. The molecule has 0 aromatic heterocycles. The topological polar surface area (TPSA) is 56.7 Å². The van der Waals surface area contributed by atoms with Gasteiger partial charge in [-0.3, -0.25) is 4.79 Å². The van der Waals surface area contributed by atoms with Crippen LogP contribution in [-0.4, -0.2) is 37.4 Å². The fourth-order valence-corrected chi connectivity index (χ4v) is 2.66. The summed E-state index contributed by atoms with van der Waals surface area (Å²) in [4.78, 5) is 18.5. The monoisotopic (exact) mass is 372 g/mol. The van der Waals surface area contributed by atoms with Crippen molar-refractivity contribution in [1.29, 1.82) is 0 Å². The summed E-state index contributed by atoms with van der Waals surface area (Å²) in [6, 6.07) is 15.3. The van der Waals surface area contributed by atoms with Crippen molar-refractivity contribution < 1.29 is 4.79 Å². The highest BCUT2D eigenvalue weighted by Gasteiger charge is 2.08. The van der Waals surface area contributed by atoms with Crippen molar-refractivity contribution in [3.63, 3.8) is 0 Å². The van der Waals surface area contributed by atoms with E-state index in [-0.39, 0.29) is 5.91 Å². The molecule has 5 nitrogen and oxygen atoms in total. The van der Waals surface area contributed by atoms with E-state index < -0.39 is 0 Å². The Morgan fingerprint density at radius 3 is 2.54 bits per heavy atom. The Bertz CT molecular complexity index is 759. The number of carbonyl (C=O) groups is 1. The Balaban J connectivity index is 2.10. The summed E-state index contributed by atoms with van der Waals surface area (Å²) in [5, 5.41) is 6.67. The first-order valence-corrected chi connectivity index (χ1v) is 8.96. The van der Waals surface area contributed by atoms with Crippen LogP contribution in [0.25, 0.3) is 0 Å². The second-order valence-corrected chi connectivity index (χ2v) is 6.37. The summed E-state index contributed by atoms with van der Waals surface area (Å²) in [6.45, 7) is 4.04. The van der Waals surface area contributed by atoms with E-state index in [9.17, 15) is 4.79 Å². The van der Waals surface area contributed by atoms with Crippen LogP contribution < -0.4 is 10.6 Å². The molecule has 0 saturated heterocycles. The normalized spacial score (nSPS) is 11.2. The second-order valence-electron chi connectivity index (χ2n) is 5.93. The lowest BCUT2D eigenvalue weighted by Gasteiger charge is -2.22. The highest BCUT2D eigenvalue weighted by molar-refractivity contribution is 6.30. The molecule has 0 aliphatic carbocycles. The standard InChI is InChI=1S/C20H25ClN4O/c1-4-23-20(25(3)14-15-8-10-18(21)11-9-15)24-13-16-6-5-7-17(12-16)19(26)22-2/h5-12H,4,13-14H2,1-3H3,(H,22,26)(H,23,24). The lowest BCUT2D eigenvalue weighted by molar-refractivity contribution is 0.0963. The summed E-state index contributed by atoms with van der Waals surface area (Å²) >= 11 is 5.95. The van der Waals surface area contributed by atoms with Gasteiger partial charge < -0.3 is 15.5 Å². The maximum atomic E-state index is 11.8. The van der Waals surface area contributed by atoms with E-state index in [1.165, 1.54) is 0 Å². The van der Waals surface area contributed by atoms with E-state index in [0.29, 0.717) is 12.1 Å². The fourth-order valence-electron chi connectivity index (χ4n) is 2.53. The van der Waals surface area contributed by atoms with Gasteiger partial charge in [-0.1, -0.05) is 35.9 Å². The predicted molar refractivity (Wildman–Crippen MR) is 108 cm³/mol. The SMILES string of the molecule is CCNC(=NCc1cccc(C(=O)NC)c1)N(C)Cc1ccc(Cl)cc1. The Kier molecular flexibility index (Phi) is 7.48. The first-order valence-electron chi connectivity index (χ1n) is 8.58. The first kappa shape index (κ1) is 19.8. The van der Waals surface area contributed by atoms with Crippen LogP contribution in [0.3, 0.4) is 0 Å². The molecule has 0 fully saturated rings. The molecule has 2 rings (SSSR count). The molecule has 6 heteroatoms. The molecule has 0 atom stereocenters. The molecule has 0 radical (unpaired) electrons. The summed E-state index contributed by atoms with van der Waals surface area (Å²) in [6.07, 6.45) is 0. The smallest absolute Gasteiger partial charge is 0.251 e. The third kappa shape index (κ3) is 5.77. The quantitative estimate of drug-likeness (QED) is 0.604. The molecular weight excluding hydrogens is 348 g/mol. The summed E-state index contributed by atoms with van der Waals surface area (Å²) in [5.74, 6) is 0.718. The summed E-state index contributed by atoms with van der Waals surface area (Å²) in [5.41, 5.74) is 2.78. The Morgan fingerprint density at radius 1 is 1.15 bits per heavy atom. The van der Waals surface area contributed by atoms with Gasteiger partial charge in [-0.15, -0.1) is 0 Å². The van der Waals surface area contributed by atoms with Crippen LogP contribution >= 0.6 is 11.6 Å². The number of aliphatic imine (C=N–C) groups is 1. The lowest BCUT2D eigenvalue weighted by atomic mass is 10.1. The van der Waals surface area contributed by atoms with Crippen LogP contribution in [0.15, 0.2) is 53.5 Å². The van der Waals surface area contributed by atoms with Crippen molar-refractivity contribution in [3.05, 3.63) is 70.2 Å². The lowest BCUT2D eigenvalue weighted by Crippen LogP contribution is -2.38. The number of halogens is 1. The molecular formula is C20H25ClN4O. The number of benzene rings is 2. The van der Waals surface area contributed by atoms with Crippen LogP contribution in [0.5, 0.6) is 0 Å². The van der Waals surface area contributed by atoms with Gasteiger partial charge in [-0.2, -0.15) is 0 Å². The van der Waals surface area contributed by atoms with Gasteiger partial charge >= 0.3 is 0 Å². The van der Waals surface area contributed by atoms with Crippen LogP contribution in [-0.2, 0) is 13.1 Å².